The van der Waals surface area contributed by atoms with E-state index in [9.17, 15) is 9.59 Å². The highest BCUT2D eigenvalue weighted by atomic mass is 16.7. The van der Waals surface area contributed by atoms with Crippen molar-refractivity contribution in [3.05, 3.63) is 12.2 Å². The lowest BCUT2D eigenvalue weighted by atomic mass is 10.1. The van der Waals surface area contributed by atoms with Gasteiger partial charge in [-0.25, -0.2) is 0 Å². The van der Waals surface area contributed by atoms with E-state index in [1.165, 1.54) is 13.8 Å². The number of esters is 2. The molecule has 0 aromatic heterocycles. The van der Waals surface area contributed by atoms with Gasteiger partial charge in [-0.15, -0.1) is 0 Å². The summed E-state index contributed by atoms with van der Waals surface area (Å²) in [5, 5.41) is 0. The number of carbonyl (C=O) groups is 2. The normalized spacial score (nSPS) is 11.1. The molecule has 0 atom stereocenters. The maximum Gasteiger partial charge on any atom is 0.305 e. The Morgan fingerprint density at radius 2 is 1.60 bits per heavy atom. The molecular formula is C11H18O4. The summed E-state index contributed by atoms with van der Waals surface area (Å²) in [6, 6.07) is 0. The Labute approximate surface area is 90.2 Å². The zero-order valence-corrected chi connectivity index (χ0v) is 9.65. The Hall–Kier alpha value is -1.32. The Morgan fingerprint density at radius 1 is 1.13 bits per heavy atom. The summed E-state index contributed by atoms with van der Waals surface area (Å²) in [4.78, 5) is 21.4. The van der Waals surface area contributed by atoms with Gasteiger partial charge in [0.25, 0.3) is 6.29 Å². The van der Waals surface area contributed by atoms with Crippen molar-refractivity contribution >= 4 is 11.9 Å². The van der Waals surface area contributed by atoms with Gasteiger partial charge in [0, 0.05) is 13.8 Å². The number of allylic oxidation sites excluding steroid dienone is 1. The highest BCUT2D eigenvalue weighted by molar-refractivity contribution is 5.68. The fourth-order valence-corrected chi connectivity index (χ4v) is 0.892. The molecule has 0 saturated carbocycles. The molecule has 0 radical (unpaired) electrons. The first-order valence-electron chi connectivity index (χ1n) is 4.93. The first kappa shape index (κ1) is 13.7. The Kier molecular flexibility index (Phi) is 6.42. The van der Waals surface area contributed by atoms with E-state index in [1.54, 1.807) is 6.08 Å². The van der Waals surface area contributed by atoms with E-state index in [0.29, 0.717) is 5.92 Å². The highest BCUT2D eigenvalue weighted by Crippen LogP contribution is 2.04. The summed E-state index contributed by atoms with van der Waals surface area (Å²) >= 11 is 0. The molecule has 0 spiro atoms. The monoisotopic (exact) mass is 214 g/mol. The van der Waals surface area contributed by atoms with Crippen LogP contribution >= 0.6 is 0 Å². The summed E-state index contributed by atoms with van der Waals surface area (Å²) < 4.78 is 9.55. The Balaban J connectivity index is 4.16. The number of rotatable bonds is 5. The zero-order chi connectivity index (χ0) is 11.8. The second kappa shape index (κ2) is 7.04. The third-order valence-electron chi connectivity index (χ3n) is 1.46. The van der Waals surface area contributed by atoms with Crippen molar-refractivity contribution in [2.24, 2.45) is 5.92 Å². The molecule has 0 fully saturated rings. The molecule has 0 saturated heterocycles. The van der Waals surface area contributed by atoms with Crippen molar-refractivity contribution in [3.8, 4) is 0 Å². The first-order chi connectivity index (χ1) is 6.91. The van der Waals surface area contributed by atoms with Crippen molar-refractivity contribution in [1.29, 1.82) is 0 Å². The van der Waals surface area contributed by atoms with Gasteiger partial charge >= 0.3 is 11.9 Å². The van der Waals surface area contributed by atoms with Crippen LogP contribution in [0.15, 0.2) is 12.2 Å². The first-order valence-corrected chi connectivity index (χ1v) is 4.93. The van der Waals surface area contributed by atoms with Crippen LogP contribution in [0, 0.1) is 5.92 Å². The molecule has 0 aliphatic carbocycles. The third kappa shape index (κ3) is 9.00. The smallest absolute Gasteiger partial charge is 0.305 e. The molecule has 0 amide bonds. The van der Waals surface area contributed by atoms with Crippen molar-refractivity contribution in [2.75, 3.05) is 0 Å². The molecule has 4 heteroatoms. The van der Waals surface area contributed by atoms with Gasteiger partial charge in [-0.05, 0) is 18.4 Å². The second-order valence-electron chi connectivity index (χ2n) is 3.64. The molecule has 0 bridgehead atoms. The molecule has 86 valence electrons. The quantitative estimate of drug-likeness (QED) is 0.399. The van der Waals surface area contributed by atoms with Crippen molar-refractivity contribution in [3.63, 3.8) is 0 Å². The summed E-state index contributed by atoms with van der Waals surface area (Å²) in [6.07, 6.45) is 3.35. The van der Waals surface area contributed by atoms with Gasteiger partial charge in [0.2, 0.25) is 0 Å². The molecule has 0 N–H and O–H groups in total. The number of hydrogen-bond donors (Lipinski definition) is 0. The average molecular weight is 214 g/mol. The minimum absolute atomic E-state index is 0.476. The fraction of sp³-hybridized carbons (Fsp3) is 0.636. The predicted molar refractivity (Wildman–Crippen MR) is 55.9 cm³/mol. The van der Waals surface area contributed by atoms with Crippen molar-refractivity contribution < 1.29 is 19.1 Å². The van der Waals surface area contributed by atoms with E-state index in [-0.39, 0.29) is 0 Å². The van der Waals surface area contributed by atoms with E-state index in [2.05, 4.69) is 13.8 Å². The van der Waals surface area contributed by atoms with Gasteiger partial charge in [-0.2, -0.15) is 0 Å². The Bertz CT molecular complexity index is 227. The van der Waals surface area contributed by atoms with E-state index < -0.39 is 18.2 Å². The van der Waals surface area contributed by atoms with E-state index in [1.807, 2.05) is 6.08 Å². The maximum absolute atomic E-state index is 10.7. The molecule has 0 aromatic carbocycles. The molecule has 0 unspecified atom stereocenters. The van der Waals surface area contributed by atoms with E-state index in [4.69, 9.17) is 9.47 Å². The molecule has 15 heavy (non-hydrogen) atoms. The third-order valence-corrected chi connectivity index (χ3v) is 1.46. The number of ether oxygens (including phenoxy) is 2. The van der Waals surface area contributed by atoms with E-state index in [0.717, 1.165) is 6.42 Å². The van der Waals surface area contributed by atoms with Crippen LogP contribution in [0.5, 0.6) is 0 Å². The maximum atomic E-state index is 10.7. The number of carbonyl (C=O) groups excluding carboxylic acids is 2. The second-order valence-corrected chi connectivity index (χ2v) is 3.64. The van der Waals surface area contributed by atoms with Gasteiger partial charge in [-0.1, -0.05) is 19.9 Å². The standard InChI is InChI=1S/C11H18O4/c1-8(2)6-5-7-11(14-9(3)12)15-10(4)13/h5,7-8,11H,6H2,1-4H3. The molecular weight excluding hydrogens is 196 g/mol. The van der Waals surface area contributed by atoms with Crippen molar-refractivity contribution in [2.45, 2.75) is 40.4 Å². The topological polar surface area (TPSA) is 52.6 Å². The van der Waals surface area contributed by atoms with Crippen LogP contribution < -0.4 is 0 Å². The zero-order valence-electron chi connectivity index (χ0n) is 9.65. The lowest BCUT2D eigenvalue weighted by Gasteiger charge is -2.12. The highest BCUT2D eigenvalue weighted by Gasteiger charge is 2.10. The summed E-state index contributed by atoms with van der Waals surface area (Å²) in [5.41, 5.74) is 0. The minimum atomic E-state index is -0.904. The Morgan fingerprint density at radius 3 is 1.93 bits per heavy atom. The van der Waals surface area contributed by atoms with Crippen LogP contribution in [0.1, 0.15) is 34.1 Å². The minimum Gasteiger partial charge on any atom is -0.421 e. The van der Waals surface area contributed by atoms with Gasteiger partial charge < -0.3 is 9.47 Å². The fourth-order valence-electron chi connectivity index (χ4n) is 0.892. The predicted octanol–water partition coefficient (Wildman–Crippen LogP) is 2.04. The van der Waals surface area contributed by atoms with Crippen LogP contribution in [0.2, 0.25) is 0 Å². The lowest BCUT2D eigenvalue weighted by molar-refractivity contribution is -0.176. The van der Waals surface area contributed by atoms with Crippen LogP contribution in [-0.4, -0.2) is 18.2 Å². The lowest BCUT2D eigenvalue weighted by Crippen LogP contribution is -2.20. The largest absolute Gasteiger partial charge is 0.421 e. The summed E-state index contributed by atoms with van der Waals surface area (Å²) in [6.45, 7) is 6.67. The molecule has 0 aliphatic heterocycles. The molecule has 4 nitrogen and oxygen atoms in total. The van der Waals surface area contributed by atoms with E-state index >= 15 is 0 Å². The molecule has 0 aromatic rings. The van der Waals surface area contributed by atoms with Crippen LogP contribution in [-0.2, 0) is 19.1 Å². The van der Waals surface area contributed by atoms with Crippen LogP contribution in [0.4, 0.5) is 0 Å². The van der Waals surface area contributed by atoms with Crippen LogP contribution in [0.25, 0.3) is 0 Å². The van der Waals surface area contributed by atoms with Crippen LogP contribution in [0.3, 0.4) is 0 Å². The molecule has 0 heterocycles. The number of hydrogen-bond acceptors (Lipinski definition) is 4. The summed E-state index contributed by atoms with van der Waals surface area (Å²) in [7, 11) is 0. The SMILES string of the molecule is CC(=O)OC(C=CCC(C)C)OC(C)=O. The van der Waals surface area contributed by atoms with Gasteiger partial charge in [0.15, 0.2) is 0 Å². The van der Waals surface area contributed by atoms with Gasteiger partial charge in [-0.3, -0.25) is 9.59 Å². The van der Waals surface area contributed by atoms with Gasteiger partial charge in [0.05, 0.1) is 0 Å². The molecule has 0 rings (SSSR count). The van der Waals surface area contributed by atoms with Crippen molar-refractivity contribution in [1.82, 2.24) is 0 Å². The molecule has 0 aliphatic rings. The summed E-state index contributed by atoms with van der Waals surface area (Å²) in [5.74, 6) is -0.442. The van der Waals surface area contributed by atoms with Gasteiger partial charge in [0.1, 0.15) is 0 Å². The average Bonchev–Trinajstić information content (AvgIpc) is 2.00.